The average Bonchev–Trinajstić information content (AvgIpc) is 3.00. The molecule has 0 unspecified atom stereocenters. The Morgan fingerprint density at radius 3 is 2.58 bits per heavy atom. The van der Waals surface area contributed by atoms with Gasteiger partial charge < -0.3 is 24.0 Å². The van der Waals surface area contributed by atoms with Crippen LogP contribution in [-0.4, -0.2) is 33.9 Å². The number of aromatic nitrogens is 1. The van der Waals surface area contributed by atoms with E-state index in [2.05, 4.69) is 10.3 Å². The van der Waals surface area contributed by atoms with Gasteiger partial charge in [-0.1, -0.05) is 22.9 Å². The molecule has 3 rings (SSSR count). The molecule has 0 atom stereocenters. The number of nitrogens with zero attached hydrogens (tertiary/aromatic N) is 1. The number of carbonyl (C=O) groups excluding carboxylic acids is 1. The van der Waals surface area contributed by atoms with Crippen LogP contribution < -0.4 is 14.8 Å². The number of ether oxygens (including phenoxy) is 3. The molecule has 12 heteroatoms. The molecule has 1 aromatic heterocycles. The summed E-state index contributed by atoms with van der Waals surface area (Å²) in [7, 11) is -3.22. The van der Waals surface area contributed by atoms with Gasteiger partial charge in [-0.2, -0.15) is 0 Å². The lowest BCUT2D eigenvalue weighted by molar-refractivity contribution is 0.102. The number of halogens is 1. The third kappa shape index (κ3) is 6.93. The van der Waals surface area contributed by atoms with E-state index in [0.717, 1.165) is 11.3 Å². The molecule has 3 N–H and O–H groups in total. The molecule has 9 nitrogen and oxygen atoms in total. The fourth-order valence-corrected chi connectivity index (χ4v) is 4.40. The molecule has 0 spiro atoms. The molecule has 0 radical (unpaired) electrons. The molecular weight excluding hydrogens is 491 g/mol. The van der Waals surface area contributed by atoms with E-state index >= 15 is 0 Å². The summed E-state index contributed by atoms with van der Waals surface area (Å²) < 4.78 is 29.0. The maximum absolute atomic E-state index is 12.8. The topological polar surface area (TPSA) is 127 Å². The first-order chi connectivity index (χ1) is 15.5. The fraction of sp³-hybridized carbons (Fsp3) is 0.238. The second-order valence-corrected chi connectivity index (χ2v) is 10.3. The van der Waals surface area contributed by atoms with Crippen molar-refractivity contribution in [2.75, 3.05) is 12.4 Å². The molecule has 0 saturated carbocycles. The Hall–Kier alpha value is -2.62. The molecule has 0 saturated heterocycles. The van der Waals surface area contributed by atoms with Crippen molar-refractivity contribution < 1.29 is 33.4 Å². The standard InChI is InChI=1S/C21H22ClN2O7PS/c1-12(2)30-15-8-13(20(25)24-21-23-11-19(22)33-21)9-16(10-15)31-14-4-6-17(29-3)18(7-5-14)32(26,27)28/h5-12H,4H2,1-3H3,(H,23,24,25)(H2,26,27,28). The molecule has 1 aromatic carbocycles. The maximum Gasteiger partial charge on any atom is 0.359 e. The third-order valence-electron chi connectivity index (χ3n) is 4.16. The van der Waals surface area contributed by atoms with Gasteiger partial charge in [0.15, 0.2) is 5.13 Å². The van der Waals surface area contributed by atoms with E-state index in [1.165, 1.54) is 37.6 Å². The molecule has 1 aliphatic rings. The summed E-state index contributed by atoms with van der Waals surface area (Å²) in [4.78, 5) is 35.9. The van der Waals surface area contributed by atoms with Gasteiger partial charge in [0.25, 0.3) is 5.91 Å². The number of anilines is 1. The first-order valence-corrected chi connectivity index (χ1v) is 12.5. The predicted octanol–water partition coefficient (Wildman–Crippen LogP) is 5.09. The summed E-state index contributed by atoms with van der Waals surface area (Å²) in [5, 5.41) is 2.77. The summed E-state index contributed by atoms with van der Waals surface area (Å²) in [5.74, 6) is 0.742. The molecule has 0 fully saturated rings. The Kier molecular flexibility index (Phi) is 7.99. The number of methoxy groups -OCH3 is 1. The maximum atomic E-state index is 12.8. The first-order valence-electron chi connectivity index (χ1n) is 9.69. The van der Waals surface area contributed by atoms with E-state index < -0.39 is 13.5 Å². The van der Waals surface area contributed by atoms with Crippen LogP contribution in [0.1, 0.15) is 30.6 Å². The van der Waals surface area contributed by atoms with Gasteiger partial charge in [0.2, 0.25) is 0 Å². The number of hydrogen-bond acceptors (Lipinski definition) is 7. The normalized spacial score (nSPS) is 14.1. The minimum absolute atomic E-state index is 0.0669. The highest BCUT2D eigenvalue weighted by atomic mass is 35.5. The van der Waals surface area contributed by atoms with Crippen molar-refractivity contribution in [3.8, 4) is 11.5 Å². The number of nitrogens with one attached hydrogen (secondary N) is 1. The first kappa shape index (κ1) is 25.0. The van der Waals surface area contributed by atoms with E-state index in [-0.39, 0.29) is 29.2 Å². The molecule has 176 valence electrons. The van der Waals surface area contributed by atoms with Crippen LogP contribution in [0.4, 0.5) is 5.13 Å². The quantitative estimate of drug-likeness (QED) is 0.417. The molecule has 1 heterocycles. The van der Waals surface area contributed by atoms with Crippen LogP contribution in [0.15, 0.2) is 59.5 Å². The zero-order valence-corrected chi connectivity index (χ0v) is 20.4. The predicted molar refractivity (Wildman–Crippen MR) is 126 cm³/mol. The molecule has 1 aliphatic carbocycles. The Morgan fingerprint density at radius 2 is 1.97 bits per heavy atom. The van der Waals surface area contributed by atoms with Crippen LogP contribution in [0.25, 0.3) is 0 Å². The van der Waals surface area contributed by atoms with Gasteiger partial charge in [-0.15, -0.1) is 0 Å². The van der Waals surface area contributed by atoms with Crippen LogP contribution in [-0.2, 0) is 9.30 Å². The second-order valence-electron chi connectivity index (χ2n) is 7.09. The lowest BCUT2D eigenvalue weighted by atomic mass is 10.2. The van der Waals surface area contributed by atoms with Gasteiger partial charge >= 0.3 is 7.60 Å². The summed E-state index contributed by atoms with van der Waals surface area (Å²) in [6, 6.07) is 4.73. The van der Waals surface area contributed by atoms with Crippen LogP contribution in [0.3, 0.4) is 0 Å². The second kappa shape index (κ2) is 10.5. The highest BCUT2D eigenvalue weighted by Gasteiger charge is 2.26. The Labute approximate surface area is 199 Å². The van der Waals surface area contributed by atoms with E-state index in [0.29, 0.717) is 26.7 Å². The van der Waals surface area contributed by atoms with Crippen LogP contribution in [0, 0.1) is 0 Å². The van der Waals surface area contributed by atoms with Gasteiger partial charge in [0.1, 0.15) is 32.7 Å². The Balaban J connectivity index is 1.90. The van der Waals surface area contributed by atoms with Gasteiger partial charge in [-0.25, -0.2) is 4.98 Å². The molecular formula is C21H22ClN2O7PS. The van der Waals surface area contributed by atoms with Crippen LogP contribution in [0.5, 0.6) is 11.5 Å². The van der Waals surface area contributed by atoms with Crippen LogP contribution >= 0.6 is 30.5 Å². The number of rotatable bonds is 8. The number of benzene rings is 1. The van der Waals surface area contributed by atoms with E-state index in [4.69, 9.17) is 25.8 Å². The number of hydrogen-bond donors (Lipinski definition) is 3. The largest absolute Gasteiger partial charge is 0.496 e. The Bertz CT molecular complexity index is 1180. The summed E-state index contributed by atoms with van der Waals surface area (Å²) in [6.45, 7) is 3.70. The lowest BCUT2D eigenvalue weighted by Gasteiger charge is -2.14. The third-order valence-corrected chi connectivity index (χ3v) is 6.19. The minimum atomic E-state index is -4.55. The Morgan fingerprint density at radius 1 is 1.24 bits per heavy atom. The fourth-order valence-electron chi connectivity index (χ4n) is 2.86. The van der Waals surface area contributed by atoms with Crippen molar-refractivity contribution >= 4 is 41.6 Å². The summed E-state index contributed by atoms with van der Waals surface area (Å²) in [6.07, 6.45) is 5.72. The van der Waals surface area contributed by atoms with Crippen molar-refractivity contribution in [3.63, 3.8) is 0 Å². The van der Waals surface area contributed by atoms with Crippen LogP contribution in [0.2, 0.25) is 4.34 Å². The molecule has 1 amide bonds. The number of allylic oxidation sites excluding steroid dienone is 4. The van der Waals surface area contributed by atoms with Crippen molar-refractivity contribution in [1.82, 2.24) is 4.98 Å². The monoisotopic (exact) mass is 512 g/mol. The highest BCUT2D eigenvalue weighted by molar-refractivity contribution is 7.56. The van der Waals surface area contributed by atoms with E-state index in [9.17, 15) is 19.1 Å². The smallest absolute Gasteiger partial charge is 0.359 e. The molecule has 33 heavy (non-hydrogen) atoms. The number of thiazole rings is 1. The van der Waals surface area contributed by atoms with Crippen molar-refractivity contribution in [3.05, 3.63) is 69.4 Å². The lowest BCUT2D eigenvalue weighted by Crippen LogP contribution is -2.13. The number of amides is 1. The molecule has 0 bridgehead atoms. The minimum Gasteiger partial charge on any atom is -0.496 e. The van der Waals surface area contributed by atoms with Gasteiger partial charge in [0.05, 0.1) is 19.4 Å². The van der Waals surface area contributed by atoms with Gasteiger partial charge in [0, 0.05) is 18.1 Å². The van der Waals surface area contributed by atoms with E-state index in [1.807, 2.05) is 13.8 Å². The SMILES string of the molecule is COC1=CCC(Oc2cc(OC(C)C)cc(C(=O)Nc3ncc(Cl)s3)c2)=CC=C1P(=O)(O)O. The summed E-state index contributed by atoms with van der Waals surface area (Å²) >= 11 is 7.00. The zero-order chi connectivity index (χ0) is 24.2. The van der Waals surface area contributed by atoms with Gasteiger partial charge in [-0.3, -0.25) is 14.7 Å². The van der Waals surface area contributed by atoms with Crippen molar-refractivity contribution in [1.29, 1.82) is 0 Å². The van der Waals surface area contributed by atoms with E-state index in [1.54, 1.807) is 12.1 Å². The van der Waals surface area contributed by atoms with Crippen molar-refractivity contribution in [2.45, 2.75) is 26.4 Å². The number of carbonyl (C=O) groups is 1. The zero-order valence-electron chi connectivity index (χ0n) is 17.9. The molecule has 2 aromatic rings. The highest BCUT2D eigenvalue weighted by Crippen LogP contribution is 2.49. The van der Waals surface area contributed by atoms with Gasteiger partial charge in [-0.05, 0) is 44.2 Å². The van der Waals surface area contributed by atoms with Crippen molar-refractivity contribution in [2.24, 2.45) is 0 Å². The molecule has 0 aliphatic heterocycles. The summed E-state index contributed by atoms with van der Waals surface area (Å²) in [5.41, 5.74) is 0.267. The average molecular weight is 513 g/mol.